The number of aromatic nitrogens is 2. The number of fused-ring (bicyclic) bond motifs is 1. The van der Waals surface area contributed by atoms with E-state index < -0.39 is 0 Å². The van der Waals surface area contributed by atoms with Crippen molar-refractivity contribution in [3.05, 3.63) is 77.1 Å². The minimum atomic E-state index is -0.333. The van der Waals surface area contributed by atoms with Crippen LogP contribution in [0.25, 0.3) is 22.7 Å². The van der Waals surface area contributed by atoms with E-state index in [0.29, 0.717) is 40.9 Å². The number of para-hydroxylation sites is 2. The normalized spacial score (nSPS) is 11.2. The first-order valence-corrected chi connectivity index (χ1v) is 11.8. The van der Waals surface area contributed by atoms with Crippen LogP contribution in [0.1, 0.15) is 29.4 Å². The zero-order valence-electron chi connectivity index (χ0n) is 21.2. The molecule has 0 bridgehead atoms. The Labute approximate surface area is 215 Å². The van der Waals surface area contributed by atoms with Gasteiger partial charge >= 0.3 is 0 Å². The Kier molecular flexibility index (Phi) is 7.74. The summed E-state index contributed by atoms with van der Waals surface area (Å²) in [4.78, 5) is 20.3. The molecule has 3 aromatic carbocycles. The van der Waals surface area contributed by atoms with Gasteiger partial charge in [0.05, 0.1) is 36.0 Å². The van der Waals surface area contributed by atoms with Gasteiger partial charge in [-0.25, -0.2) is 4.98 Å². The van der Waals surface area contributed by atoms with Crippen molar-refractivity contribution in [1.82, 2.24) is 9.97 Å². The van der Waals surface area contributed by atoms with Crippen LogP contribution in [0.2, 0.25) is 0 Å². The van der Waals surface area contributed by atoms with Crippen LogP contribution in [0, 0.1) is 25.2 Å². The molecule has 0 spiro atoms. The zero-order chi connectivity index (χ0) is 26.4. The molecule has 37 heavy (non-hydrogen) atoms. The van der Waals surface area contributed by atoms with Gasteiger partial charge in [0.1, 0.15) is 17.6 Å². The third-order valence-electron chi connectivity index (χ3n) is 5.79. The Bertz CT molecular complexity index is 1480. The standard InChI is InChI=1S/C29H28N4O4/c1-5-36-25-9-7-6-8-22(25)31-28(34)17-37-26-11-10-20(15-27(26)35-4)14-21(16-30)29-32-23-12-18(2)19(3)13-24(23)33-29/h6-15H,5,17H2,1-4H3,(H,31,34)(H,32,33)/b21-14+. The highest BCUT2D eigenvalue weighted by molar-refractivity contribution is 5.93. The number of imidazole rings is 1. The summed E-state index contributed by atoms with van der Waals surface area (Å²) < 4.78 is 16.7. The van der Waals surface area contributed by atoms with Crippen LogP contribution in [-0.4, -0.2) is 36.2 Å². The van der Waals surface area contributed by atoms with Crippen LogP contribution in [-0.2, 0) is 4.79 Å². The Morgan fingerprint density at radius 2 is 1.84 bits per heavy atom. The summed E-state index contributed by atoms with van der Waals surface area (Å²) in [5.74, 6) is 1.59. The number of nitriles is 1. The molecule has 0 saturated carbocycles. The Morgan fingerprint density at radius 1 is 1.05 bits per heavy atom. The van der Waals surface area contributed by atoms with Crippen LogP contribution in [0.5, 0.6) is 17.2 Å². The second-order valence-corrected chi connectivity index (χ2v) is 8.39. The largest absolute Gasteiger partial charge is 0.493 e. The molecule has 8 nitrogen and oxygen atoms in total. The maximum atomic E-state index is 12.5. The first-order chi connectivity index (χ1) is 17.9. The molecular weight excluding hydrogens is 468 g/mol. The summed E-state index contributed by atoms with van der Waals surface area (Å²) in [7, 11) is 1.52. The molecule has 0 aliphatic carbocycles. The zero-order valence-corrected chi connectivity index (χ0v) is 21.2. The molecule has 1 amide bonds. The third-order valence-corrected chi connectivity index (χ3v) is 5.79. The van der Waals surface area contributed by atoms with E-state index in [1.165, 1.54) is 7.11 Å². The molecular formula is C29H28N4O4. The lowest BCUT2D eigenvalue weighted by atomic mass is 10.1. The van der Waals surface area contributed by atoms with Gasteiger partial charge < -0.3 is 24.5 Å². The number of H-pyrrole nitrogens is 1. The van der Waals surface area contributed by atoms with Crippen molar-refractivity contribution in [3.63, 3.8) is 0 Å². The fraction of sp³-hybridized carbons (Fsp3) is 0.207. The van der Waals surface area contributed by atoms with E-state index >= 15 is 0 Å². The third kappa shape index (κ3) is 5.90. The number of carbonyl (C=O) groups excluding carboxylic acids is 1. The summed E-state index contributed by atoms with van der Waals surface area (Å²) in [6, 6.07) is 18.7. The lowest BCUT2D eigenvalue weighted by molar-refractivity contribution is -0.118. The van der Waals surface area contributed by atoms with Gasteiger partial charge in [0.2, 0.25) is 0 Å². The number of hydrogen-bond acceptors (Lipinski definition) is 6. The van der Waals surface area contributed by atoms with Gasteiger partial charge in [0.25, 0.3) is 5.91 Å². The van der Waals surface area contributed by atoms with Crippen molar-refractivity contribution in [2.75, 3.05) is 25.6 Å². The molecule has 0 unspecified atom stereocenters. The smallest absolute Gasteiger partial charge is 0.262 e. The summed E-state index contributed by atoms with van der Waals surface area (Å²) in [5, 5.41) is 12.6. The van der Waals surface area contributed by atoms with Gasteiger partial charge in [-0.1, -0.05) is 18.2 Å². The monoisotopic (exact) mass is 496 g/mol. The van der Waals surface area contributed by atoms with E-state index in [4.69, 9.17) is 14.2 Å². The van der Waals surface area contributed by atoms with Crippen LogP contribution in [0.3, 0.4) is 0 Å². The molecule has 4 aromatic rings. The number of methoxy groups -OCH3 is 1. The molecule has 2 N–H and O–H groups in total. The highest BCUT2D eigenvalue weighted by Crippen LogP contribution is 2.30. The molecule has 4 rings (SSSR count). The molecule has 188 valence electrons. The minimum absolute atomic E-state index is 0.215. The average molecular weight is 497 g/mol. The number of anilines is 1. The minimum Gasteiger partial charge on any atom is -0.493 e. The number of aromatic amines is 1. The maximum Gasteiger partial charge on any atom is 0.262 e. The Hall–Kier alpha value is -4.77. The average Bonchev–Trinajstić information content (AvgIpc) is 3.30. The predicted octanol–water partition coefficient (Wildman–Crippen LogP) is 5.67. The topological polar surface area (TPSA) is 109 Å². The number of aryl methyl sites for hydroxylation is 2. The number of hydrogen-bond donors (Lipinski definition) is 2. The number of benzene rings is 3. The highest BCUT2D eigenvalue weighted by Gasteiger charge is 2.13. The van der Waals surface area contributed by atoms with Crippen molar-refractivity contribution in [3.8, 4) is 23.3 Å². The van der Waals surface area contributed by atoms with Crippen LogP contribution >= 0.6 is 0 Å². The van der Waals surface area contributed by atoms with Gasteiger partial charge in [0.15, 0.2) is 18.1 Å². The van der Waals surface area contributed by atoms with Crippen molar-refractivity contribution >= 4 is 34.3 Å². The molecule has 0 aliphatic rings. The second kappa shape index (κ2) is 11.3. The quantitative estimate of drug-likeness (QED) is 0.289. The fourth-order valence-electron chi connectivity index (χ4n) is 3.79. The van der Waals surface area contributed by atoms with E-state index in [1.54, 1.807) is 36.4 Å². The first-order valence-electron chi connectivity index (χ1n) is 11.8. The second-order valence-electron chi connectivity index (χ2n) is 8.39. The lowest BCUT2D eigenvalue weighted by Crippen LogP contribution is -2.20. The van der Waals surface area contributed by atoms with Gasteiger partial charge in [0, 0.05) is 0 Å². The van der Waals surface area contributed by atoms with Crippen molar-refractivity contribution < 1.29 is 19.0 Å². The molecule has 0 radical (unpaired) electrons. The number of rotatable bonds is 9. The van der Waals surface area contributed by atoms with Crippen molar-refractivity contribution in [1.29, 1.82) is 5.26 Å². The summed E-state index contributed by atoms with van der Waals surface area (Å²) >= 11 is 0. The molecule has 0 aliphatic heterocycles. The van der Waals surface area contributed by atoms with Gasteiger partial charge in [-0.2, -0.15) is 5.26 Å². The summed E-state index contributed by atoms with van der Waals surface area (Å²) in [6.45, 7) is 6.22. The molecule has 0 fully saturated rings. The van der Waals surface area contributed by atoms with Gasteiger partial charge in [-0.3, -0.25) is 4.79 Å². The highest BCUT2D eigenvalue weighted by atomic mass is 16.5. The summed E-state index contributed by atoms with van der Waals surface area (Å²) in [5.41, 5.74) is 5.66. The first kappa shape index (κ1) is 25.3. The summed E-state index contributed by atoms with van der Waals surface area (Å²) in [6.07, 6.45) is 1.72. The van der Waals surface area contributed by atoms with Crippen molar-refractivity contribution in [2.24, 2.45) is 0 Å². The number of nitrogens with zero attached hydrogens (tertiary/aromatic N) is 2. The molecule has 0 saturated heterocycles. The van der Waals surface area contributed by atoms with Gasteiger partial charge in [-0.15, -0.1) is 0 Å². The molecule has 8 heteroatoms. The van der Waals surface area contributed by atoms with Crippen LogP contribution in [0.4, 0.5) is 5.69 Å². The molecule has 1 heterocycles. The lowest BCUT2D eigenvalue weighted by Gasteiger charge is -2.13. The maximum absolute atomic E-state index is 12.5. The number of carbonyl (C=O) groups is 1. The Balaban J connectivity index is 1.49. The van der Waals surface area contributed by atoms with Crippen LogP contribution in [0.15, 0.2) is 54.6 Å². The van der Waals surface area contributed by atoms with E-state index in [9.17, 15) is 10.1 Å². The van der Waals surface area contributed by atoms with E-state index in [2.05, 4.69) is 21.4 Å². The number of ether oxygens (including phenoxy) is 3. The SMILES string of the molecule is CCOc1ccccc1NC(=O)COc1ccc(/C=C(\C#N)c2nc3cc(C)c(C)cc3[nH]2)cc1OC. The predicted molar refractivity (Wildman–Crippen MR) is 144 cm³/mol. The molecule has 1 aromatic heterocycles. The number of amides is 1. The van der Waals surface area contributed by atoms with E-state index in [1.807, 2.05) is 45.0 Å². The fourth-order valence-corrected chi connectivity index (χ4v) is 3.79. The number of nitrogens with one attached hydrogen (secondary N) is 2. The van der Waals surface area contributed by atoms with Crippen molar-refractivity contribution in [2.45, 2.75) is 20.8 Å². The van der Waals surface area contributed by atoms with E-state index in [-0.39, 0.29) is 12.5 Å². The number of allylic oxidation sites excluding steroid dienone is 1. The van der Waals surface area contributed by atoms with Gasteiger partial charge in [-0.05, 0) is 79.9 Å². The van der Waals surface area contributed by atoms with E-state index in [0.717, 1.165) is 27.7 Å². The van der Waals surface area contributed by atoms with Crippen LogP contribution < -0.4 is 19.5 Å². The molecule has 0 atom stereocenters. The Morgan fingerprint density at radius 3 is 2.59 bits per heavy atom.